The number of H-pyrrole nitrogens is 2. The molecule has 4 atom stereocenters. The van der Waals surface area contributed by atoms with Gasteiger partial charge < -0.3 is 48.8 Å². The Morgan fingerprint density at radius 2 is 1.27 bits per heavy atom. The van der Waals surface area contributed by atoms with Crippen LogP contribution in [0.4, 0.5) is 4.79 Å². The molecule has 6 heterocycles. The number of aromatic amines is 2. The number of fused-ring (bicyclic) bond motifs is 2. The number of thioether (sulfide) groups is 2. The van der Waals surface area contributed by atoms with Gasteiger partial charge in [0, 0.05) is 22.6 Å². The van der Waals surface area contributed by atoms with E-state index in [9.17, 15) is 14.4 Å². The standard InChI is InChI=1S/C38H44N8O8S2/c1-19(2)31(43-37(49)50-5)35(47)45-16-55-14-25(45)33-39-12-23(41-33)21-6-8-27-29(10-21)53-28-9-7-22(11-30(28)54-27)24-13-40-34(42-24)26-15-56-17-46(26)36(48)32(20(3)4)44-38-51-18-52-38/h6-13,19-20,25-26,31-32,38,44H,14-18H2,1-5H3,(H,39,41)(H,40,42)(H,43,49)/t25-,26-,31-,32-/m0/s1. The van der Waals surface area contributed by atoms with E-state index in [1.165, 1.54) is 7.11 Å². The van der Waals surface area contributed by atoms with Gasteiger partial charge in [0.05, 0.1) is 60.8 Å². The SMILES string of the molecule is COC(=O)N[C@H](C(=O)N1CSC[C@H]1c1ncc(-c2ccc3c(c2)Oc2ccc(-c4cnc([C@@H]5CSCN5C(=O)[C@@H](NC5OCO5)C(C)C)[nH]4)cc2O3)[nH]1)C(C)C. The fraction of sp³-hybridized carbons (Fsp3) is 0.447. The summed E-state index contributed by atoms with van der Waals surface area (Å²) in [5.41, 5.74) is 3.25. The van der Waals surface area contributed by atoms with Crippen molar-refractivity contribution in [1.29, 1.82) is 0 Å². The number of imidazole rings is 2. The lowest BCUT2D eigenvalue weighted by molar-refractivity contribution is -0.335. The smallest absolute Gasteiger partial charge is 0.407 e. The zero-order valence-corrected chi connectivity index (χ0v) is 33.2. The molecule has 296 valence electrons. The maximum absolute atomic E-state index is 13.7. The molecule has 56 heavy (non-hydrogen) atoms. The summed E-state index contributed by atoms with van der Waals surface area (Å²) in [7, 11) is 1.28. The Labute approximate surface area is 332 Å². The minimum Gasteiger partial charge on any atom is -0.453 e. The summed E-state index contributed by atoms with van der Waals surface area (Å²) in [6.07, 6.45) is 2.31. The number of carbonyl (C=O) groups excluding carboxylic acids is 3. The number of hydrogen-bond donors (Lipinski definition) is 4. The molecular formula is C38H44N8O8S2. The first-order chi connectivity index (χ1) is 27.1. The average Bonchev–Trinajstić information content (AvgIpc) is 4.01. The lowest BCUT2D eigenvalue weighted by Gasteiger charge is -2.35. The van der Waals surface area contributed by atoms with Gasteiger partial charge in [-0.2, -0.15) is 0 Å². The van der Waals surface area contributed by atoms with E-state index in [-0.39, 0.29) is 42.5 Å². The van der Waals surface area contributed by atoms with Crippen molar-refractivity contribution < 1.29 is 38.1 Å². The highest BCUT2D eigenvalue weighted by molar-refractivity contribution is 7.99. The van der Waals surface area contributed by atoms with Crippen LogP contribution >= 0.6 is 23.5 Å². The number of methoxy groups -OCH3 is 1. The number of rotatable bonds is 11. The Bertz CT molecular complexity index is 2100. The van der Waals surface area contributed by atoms with Gasteiger partial charge in [0.1, 0.15) is 17.7 Å². The molecule has 2 aromatic carbocycles. The number of nitrogens with zero attached hydrogens (tertiary/aromatic N) is 4. The molecule has 0 saturated carbocycles. The summed E-state index contributed by atoms with van der Waals surface area (Å²) >= 11 is 3.32. The highest BCUT2D eigenvalue weighted by atomic mass is 32.2. The second-order valence-corrected chi connectivity index (χ2v) is 16.6. The van der Waals surface area contributed by atoms with Crippen LogP contribution in [-0.4, -0.2) is 103 Å². The molecule has 18 heteroatoms. The number of aromatic nitrogens is 4. The maximum Gasteiger partial charge on any atom is 0.407 e. The van der Waals surface area contributed by atoms with Crippen molar-refractivity contribution in [1.82, 2.24) is 40.4 Å². The topological polar surface area (TPSA) is 185 Å². The normalized spacial score (nSPS) is 20.2. The molecule has 4 aliphatic heterocycles. The van der Waals surface area contributed by atoms with Crippen molar-refractivity contribution in [3.63, 3.8) is 0 Å². The zero-order valence-electron chi connectivity index (χ0n) is 31.6. The van der Waals surface area contributed by atoms with Crippen LogP contribution in [0.15, 0.2) is 48.8 Å². The number of alkyl carbamates (subject to hydrolysis) is 1. The summed E-state index contributed by atoms with van der Waals surface area (Å²) in [6, 6.07) is 9.72. The van der Waals surface area contributed by atoms with E-state index in [0.29, 0.717) is 52.2 Å². The molecule has 4 N–H and O–H groups in total. The first kappa shape index (κ1) is 38.1. The van der Waals surface area contributed by atoms with E-state index in [1.54, 1.807) is 40.8 Å². The highest BCUT2D eigenvalue weighted by Gasteiger charge is 2.40. The van der Waals surface area contributed by atoms with Crippen LogP contribution in [0.1, 0.15) is 51.4 Å². The molecule has 8 rings (SSSR count). The monoisotopic (exact) mass is 804 g/mol. The summed E-state index contributed by atoms with van der Waals surface area (Å²) in [5.74, 6) is 5.78. The van der Waals surface area contributed by atoms with Gasteiger partial charge in [0.15, 0.2) is 29.8 Å². The Morgan fingerprint density at radius 1 is 0.768 bits per heavy atom. The van der Waals surface area contributed by atoms with Crippen molar-refractivity contribution >= 4 is 41.4 Å². The Morgan fingerprint density at radius 3 is 1.71 bits per heavy atom. The molecule has 3 amide bonds. The number of nitrogens with one attached hydrogen (secondary N) is 4. The van der Waals surface area contributed by atoms with E-state index < -0.39 is 24.6 Å². The molecule has 0 bridgehead atoms. The van der Waals surface area contributed by atoms with Gasteiger partial charge in [-0.15, -0.1) is 23.5 Å². The Kier molecular flexibility index (Phi) is 10.9. The van der Waals surface area contributed by atoms with Gasteiger partial charge in [-0.3, -0.25) is 14.9 Å². The average molecular weight is 805 g/mol. The molecule has 4 aromatic rings. The van der Waals surface area contributed by atoms with Crippen LogP contribution in [0.2, 0.25) is 0 Å². The van der Waals surface area contributed by atoms with Crippen molar-refractivity contribution in [2.75, 3.05) is 37.2 Å². The third-order valence-electron chi connectivity index (χ3n) is 10.2. The van der Waals surface area contributed by atoms with Crippen molar-refractivity contribution in [3.8, 4) is 45.5 Å². The second-order valence-electron chi connectivity index (χ2n) is 14.6. The van der Waals surface area contributed by atoms with Crippen LogP contribution in [-0.2, 0) is 23.8 Å². The number of benzene rings is 2. The largest absolute Gasteiger partial charge is 0.453 e. The molecular weight excluding hydrogens is 761 g/mol. The molecule has 0 radical (unpaired) electrons. The minimum absolute atomic E-state index is 0.0149. The molecule has 3 fully saturated rings. The summed E-state index contributed by atoms with van der Waals surface area (Å²) < 4.78 is 28.1. The van der Waals surface area contributed by atoms with Crippen LogP contribution in [0.25, 0.3) is 22.5 Å². The van der Waals surface area contributed by atoms with Gasteiger partial charge in [-0.1, -0.05) is 27.7 Å². The Balaban J connectivity index is 0.942. The van der Waals surface area contributed by atoms with Crippen LogP contribution in [0, 0.1) is 11.8 Å². The van der Waals surface area contributed by atoms with Gasteiger partial charge >= 0.3 is 6.09 Å². The lowest BCUT2D eigenvalue weighted by Crippen LogP contribution is -2.56. The molecule has 0 spiro atoms. The molecule has 3 saturated heterocycles. The first-order valence-electron chi connectivity index (χ1n) is 18.4. The van der Waals surface area contributed by atoms with Crippen molar-refractivity contribution in [2.45, 2.75) is 58.3 Å². The molecule has 0 unspecified atom stereocenters. The number of amides is 3. The van der Waals surface area contributed by atoms with Crippen molar-refractivity contribution in [3.05, 3.63) is 60.4 Å². The maximum atomic E-state index is 13.7. The number of hydrogen-bond acceptors (Lipinski definition) is 13. The summed E-state index contributed by atoms with van der Waals surface area (Å²) in [6.45, 7) is 7.99. The molecule has 0 aliphatic carbocycles. The fourth-order valence-corrected chi connectivity index (χ4v) is 9.32. The lowest BCUT2D eigenvalue weighted by atomic mass is 10.0. The van der Waals surface area contributed by atoms with Gasteiger partial charge in [-0.05, 0) is 48.2 Å². The van der Waals surface area contributed by atoms with Crippen LogP contribution < -0.4 is 20.1 Å². The van der Waals surface area contributed by atoms with E-state index in [4.69, 9.17) is 28.7 Å². The van der Waals surface area contributed by atoms with Gasteiger partial charge in [0.2, 0.25) is 18.2 Å². The predicted molar refractivity (Wildman–Crippen MR) is 209 cm³/mol. The third-order valence-corrected chi connectivity index (χ3v) is 12.2. The van der Waals surface area contributed by atoms with E-state index in [0.717, 1.165) is 28.3 Å². The summed E-state index contributed by atoms with van der Waals surface area (Å²) in [5, 5.41) is 5.86. The predicted octanol–water partition coefficient (Wildman–Crippen LogP) is 5.80. The fourth-order valence-electron chi connectivity index (χ4n) is 6.98. The Hall–Kier alpha value is -4.75. The number of ether oxygens (including phenoxy) is 5. The quantitative estimate of drug-likeness (QED) is 0.126. The molecule has 2 aromatic heterocycles. The van der Waals surface area contributed by atoms with Crippen molar-refractivity contribution in [2.24, 2.45) is 11.8 Å². The van der Waals surface area contributed by atoms with Crippen LogP contribution in [0.5, 0.6) is 23.0 Å². The number of carbonyl (C=O) groups is 3. The third kappa shape index (κ3) is 7.55. The highest BCUT2D eigenvalue weighted by Crippen LogP contribution is 2.48. The zero-order chi connectivity index (χ0) is 39.1. The van der Waals surface area contributed by atoms with Gasteiger partial charge in [0.25, 0.3) is 0 Å². The van der Waals surface area contributed by atoms with Crippen LogP contribution in [0.3, 0.4) is 0 Å². The second kappa shape index (κ2) is 16.0. The first-order valence-corrected chi connectivity index (χ1v) is 20.7. The van der Waals surface area contributed by atoms with Gasteiger partial charge in [-0.25, -0.2) is 14.8 Å². The van der Waals surface area contributed by atoms with E-state index in [1.807, 2.05) is 69.0 Å². The van der Waals surface area contributed by atoms with E-state index >= 15 is 0 Å². The minimum atomic E-state index is -0.722. The molecule has 4 aliphatic rings. The van der Waals surface area contributed by atoms with E-state index in [2.05, 4.69) is 25.6 Å². The molecule has 16 nitrogen and oxygen atoms in total. The summed E-state index contributed by atoms with van der Waals surface area (Å²) in [4.78, 5) is 59.0.